The van der Waals surface area contributed by atoms with E-state index in [9.17, 15) is 9.59 Å². The van der Waals surface area contributed by atoms with E-state index >= 15 is 0 Å². The maximum absolute atomic E-state index is 12.4. The third kappa shape index (κ3) is 3.24. The van der Waals surface area contributed by atoms with Crippen LogP contribution >= 0.6 is 0 Å². The molecule has 1 fully saturated rings. The normalized spacial score (nSPS) is 22.0. The molecular formula is C16H25N5O2. The Morgan fingerprint density at radius 1 is 1.39 bits per heavy atom. The number of piperidine rings is 1. The molecule has 0 radical (unpaired) electrons. The lowest BCUT2D eigenvalue weighted by atomic mass is 9.93. The Hall–Kier alpha value is -1.89. The van der Waals surface area contributed by atoms with Gasteiger partial charge in [0.25, 0.3) is 0 Å². The number of rotatable bonds is 4. The van der Waals surface area contributed by atoms with Crippen molar-refractivity contribution in [2.24, 2.45) is 13.0 Å². The van der Waals surface area contributed by atoms with Gasteiger partial charge in [0.2, 0.25) is 5.91 Å². The number of amides is 1. The summed E-state index contributed by atoms with van der Waals surface area (Å²) < 4.78 is 3.15. The second-order valence-corrected chi connectivity index (χ2v) is 6.35. The molecule has 2 aliphatic rings. The fourth-order valence-electron chi connectivity index (χ4n) is 3.47. The topological polar surface area (TPSA) is 72.2 Å². The van der Waals surface area contributed by atoms with Crippen molar-refractivity contribution < 1.29 is 4.79 Å². The largest absolute Gasteiger partial charge is 0.345 e. The third-order valence-electron chi connectivity index (χ3n) is 4.85. The minimum absolute atomic E-state index is 0.0470. The van der Waals surface area contributed by atoms with Crippen LogP contribution in [-0.4, -0.2) is 50.8 Å². The molecule has 1 aromatic heterocycles. The molecule has 1 atom stereocenters. The van der Waals surface area contributed by atoms with Crippen molar-refractivity contribution in [3.63, 3.8) is 0 Å². The summed E-state index contributed by atoms with van der Waals surface area (Å²) in [6.07, 6.45) is 6.70. The molecule has 1 unspecified atom stereocenters. The summed E-state index contributed by atoms with van der Waals surface area (Å²) in [6.45, 7) is 4.98. The molecule has 0 aliphatic carbocycles. The zero-order valence-electron chi connectivity index (χ0n) is 13.9. The molecule has 7 nitrogen and oxygen atoms in total. The molecule has 1 N–H and O–H groups in total. The Kier molecular flexibility index (Phi) is 4.66. The van der Waals surface area contributed by atoms with Crippen LogP contribution in [0.25, 0.3) is 0 Å². The number of hydrogen-bond acceptors (Lipinski definition) is 4. The summed E-state index contributed by atoms with van der Waals surface area (Å²) in [5.41, 5.74) is -0.0470. The van der Waals surface area contributed by atoms with Gasteiger partial charge >= 0.3 is 5.69 Å². The molecule has 3 heterocycles. The average Bonchev–Trinajstić information content (AvgIpc) is 3.17. The monoisotopic (exact) mass is 319 g/mol. The van der Waals surface area contributed by atoms with Gasteiger partial charge in [-0.15, -0.1) is 0 Å². The van der Waals surface area contributed by atoms with Crippen molar-refractivity contribution >= 4 is 5.91 Å². The summed E-state index contributed by atoms with van der Waals surface area (Å²) in [4.78, 5) is 26.3. The number of nitrogens with zero attached hydrogens (tertiary/aromatic N) is 4. The lowest BCUT2D eigenvalue weighted by Gasteiger charge is -2.33. The van der Waals surface area contributed by atoms with Crippen LogP contribution in [0.3, 0.4) is 0 Å². The van der Waals surface area contributed by atoms with Gasteiger partial charge in [0.15, 0.2) is 0 Å². The maximum Gasteiger partial charge on any atom is 0.345 e. The molecule has 1 saturated heterocycles. The Morgan fingerprint density at radius 2 is 2.13 bits per heavy atom. The van der Waals surface area contributed by atoms with E-state index in [1.165, 1.54) is 4.68 Å². The van der Waals surface area contributed by atoms with Gasteiger partial charge in [0.05, 0.1) is 0 Å². The van der Waals surface area contributed by atoms with Crippen LogP contribution in [0, 0.1) is 5.92 Å². The summed E-state index contributed by atoms with van der Waals surface area (Å²) in [5, 5.41) is 7.54. The number of carbonyl (C=O) groups is 1. The Morgan fingerprint density at radius 3 is 2.74 bits per heavy atom. The maximum atomic E-state index is 12.4. The number of carbonyl (C=O) groups excluding carboxylic acids is 1. The SMILES string of the molecule is CCn1c(CC2CCN(C(=O)C3C=CCN3)CC2)nn(C)c1=O. The summed E-state index contributed by atoms with van der Waals surface area (Å²) >= 11 is 0. The van der Waals surface area contributed by atoms with Crippen LogP contribution in [0.4, 0.5) is 0 Å². The fraction of sp³-hybridized carbons (Fsp3) is 0.688. The highest BCUT2D eigenvalue weighted by molar-refractivity contribution is 5.84. The molecule has 2 aliphatic heterocycles. The van der Waals surface area contributed by atoms with Crippen LogP contribution in [0.1, 0.15) is 25.6 Å². The molecule has 1 amide bonds. The zero-order chi connectivity index (χ0) is 16.4. The third-order valence-corrected chi connectivity index (χ3v) is 4.85. The smallest absolute Gasteiger partial charge is 0.341 e. The number of aromatic nitrogens is 3. The van der Waals surface area contributed by atoms with Gasteiger partial charge in [0, 0.05) is 39.6 Å². The van der Waals surface area contributed by atoms with Crippen molar-refractivity contribution in [1.29, 1.82) is 0 Å². The van der Waals surface area contributed by atoms with E-state index in [1.54, 1.807) is 11.6 Å². The lowest BCUT2D eigenvalue weighted by Crippen LogP contribution is -2.47. The molecular weight excluding hydrogens is 294 g/mol. The van der Waals surface area contributed by atoms with E-state index in [0.29, 0.717) is 12.5 Å². The molecule has 0 spiro atoms. The highest BCUT2D eigenvalue weighted by atomic mass is 16.2. The second-order valence-electron chi connectivity index (χ2n) is 6.35. The standard InChI is InChI=1S/C16H25N5O2/c1-3-21-14(18-19(2)16(21)23)11-12-6-9-20(10-7-12)15(22)13-5-4-8-17-13/h4-5,12-13,17H,3,6-11H2,1-2H3. The number of hydrogen-bond donors (Lipinski definition) is 1. The molecule has 3 rings (SSSR count). The molecule has 23 heavy (non-hydrogen) atoms. The summed E-state index contributed by atoms with van der Waals surface area (Å²) in [7, 11) is 1.70. The van der Waals surface area contributed by atoms with E-state index in [1.807, 2.05) is 24.0 Å². The van der Waals surface area contributed by atoms with E-state index in [2.05, 4.69) is 10.4 Å². The van der Waals surface area contributed by atoms with Crippen LogP contribution < -0.4 is 11.0 Å². The van der Waals surface area contributed by atoms with Gasteiger partial charge in [-0.1, -0.05) is 12.2 Å². The molecule has 0 saturated carbocycles. The van der Waals surface area contributed by atoms with E-state index in [0.717, 1.165) is 44.7 Å². The van der Waals surface area contributed by atoms with E-state index in [-0.39, 0.29) is 17.6 Å². The van der Waals surface area contributed by atoms with Gasteiger partial charge in [-0.05, 0) is 25.7 Å². The first-order valence-corrected chi connectivity index (χ1v) is 8.41. The summed E-state index contributed by atoms with van der Waals surface area (Å²) in [6, 6.07) is -0.146. The quantitative estimate of drug-likeness (QED) is 0.788. The number of nitrogens with one attached hydrogen (secondary N) is 1. The fourth-order valence-corrected chi connectivity index (χ4v) is 3.47. The number of aryl methyl sites for hydroxylation is 1. The van der Waals surface area contributed by atoms with Gasteiger partial charge < -0.3 is 4.90 Å². The second kappa shape index (κ2) is 6.70. The number of likely N-dealkylation sites (tertiary alicyclic amines) is 1. The van der Waals surface area contributed by atoms with Crippen LogP contribution in [0.15, 0.2) is 16.9 Å². The first-order chi connectivity index (χ1) is 11.1. The Balaban J connectivity index is 1.57. The minimum Gasteiger partial charge on any atom is -0.341 e. The van der Waals surface area contributed by atoms with Crippen LogP contribution in [0.5, 0.6) is 0 Å². The predicted molar refractivity (Wildman–Crippen MR) is 87.1 cm³/mol. The predicted octanol–water partition coefficient (Wildman–Crippen LogP) is -0.0892. The van der Waals surface area contributed by atoms with Gasteiger partial charge in [-0.3, -0.25) is 14.7 Å². The van der Waals surface area contributed by atoms with E-state index < -0.39 is 0 Å². The highest BCUT2D eigenvalue weighted by Crippen LogP contribution is 2.21. The van der Waals surface area contributed by atoms with Crippen LogP contribution in [0.2, 0.25) is 0 Å². The minimum atomic E-state index is -0.146. The van der Waals surface area contributed by atoms with Crippen molar-refractivity contribution in [1.82, 2.24) is 24.6 Å². The first-order valence-electron chi connectivity index (χ1n) is 8.41. The van der Waals surface area contributed by atoms with E-state index in [4.69, 9.17) is 0 Å². The molecule has 1 aromatic rings. The lowest BCUT2D eigenvalue weighted by molar-refractivity contribution is -0.133. The Bertz CT molecular complexity index is 652. The summed E-state index contributed by atoms with van der Waals surface area (Å²) in [5.74, 6) is 1.53. The first kappa shape index (κ1) is 16.0. The molecule has 7 heteroatoms. The van der Waals surface area contributed by atoms with Gasteiger partial charge in [-0.25, -0.2) is 9.48 Å². The van der Waals surface area contributed by atoms with Gasteiger partial charge in [-0.2, -0.15) is 5.10 Å². The average molecular weight is 319 g/mol. The highest BCUT2D eigenvalue weighted by Gasteiger charge is 2.28. The van der Waals surface area contributed by atoms with Gasteiger partial charge in [0.1, 0.15) is 11.9 Å². The van der Waals surface area contributed by atoms with Crippen molar-refractivity contribution in [3.05, 3.63) is 28.5 Å². The molecule has 0 aromatic carbocycles. The Labute approximate surface area is 136 Å². The van der Waals surface area contributed by atoms with Crippen LogP contribution in [-0.2, 0) is 24.8 Å². The molecule has 0 bridgehead atoms. The molecule has 126 valence electrons. The van der Waals surface area contributed by atoms with Crippen molar-refractivity contribution in [2.45, 2.75) is 38.8 Å². The zero-order valence-corrected chi connectivity index (χ0v) is 13.9. The van der Waals surface area contributed by atoms with Crippen molar-refractivity contribution in [3.8, 4) is 0 Å². The van der Waals surface area contributed by atoms with Crippen molar-refractivity contribution in [2.75, 3.05) is 19.6 Å².